The summed E-state index contributed by atoms with van der Waals surface area (Å²) in [5.41, 5.74) is -1.95. The molecule has 1 aliphatic rings. The first-order valence-corrected chi connectivity index (χ1v) is 10.1. The minimum atomic E-state index is -4.72. The highest BCUT2D eigenvalue weighted by Gasteiger charge is 2.47. The van der Waals surface area contributed by atoms with E-state index < -0.39 is 46.6 Å². The first kappa shape index (κ1) is 23.8. The molecule has 180 valence electrons. The number of rotatable bonds is 4. The lowest BCUT2D eigenvalue weighted by Gasteiger charge is -2.26. The zero-order chi connectivity index (χ0) is 25.5. The maximum atomic E-state index is 14.0. The number of hydrogen-bond donors (Lipinski definition) is 2. The average Bonchev–Trinajstić information content (AvgIpc) is 3.08. The van der Waals surface area contributed by atoms with Crippen molar-refractivity contribution in [3.63, 3.8) is 0 Å². The van der Waals surface area contributed by atoms with Gasteiger partial charge in [-0.05, 0) is 54.1 Å². The van der Waals surface area contributed by atoms with Crippen LogP contribution in [0.15, 0.2) is 72.3 Å². The number of halogens is 4. The van der Waals surface area contributed by atoms with E-state index >= 15 is 0 Å². The summed E-state index contributed by atoms with van der Waals surface area (Å²) in [6.45, 7) is 0. The number of benzene rings is 3. The molecule has 1 fully saturated rings. The molecule has 0 bridgehead atoms. The van der Waals surface area contributed by atoms with Crippen molar-refractivity contribution in [3.05, 3.63) is 94.8 Å². The van der Waals surface area contributed by atoms with Crippen LogP contribution in [0.3, 0.4) is 0 Å². The molecule has 1 saturated heterocycles. The van der Waals surface area contributed by atoms with Crippen LogP contribution < -0.4 is 9.64 Å². The lowest BCUT2D eigenvalue weighted by atomic mass is 9.94. The van der Waals surface area contributed by atoms with Crippen LogP contribution in [0, 0.1) is 5.82 Å². The third-order valence-corrected chi connectivity index (χ3v) is 5.50. The van der Waals surface area contributed by atoms with Gasteiger partial charge in [0.2, 0.25) is 0 Å². The Kier molecular flexibility index (Phi) is 5.98. The van der Waals surface area contributed by atoms with Gasteiger partial charge in [-0.2, -0.15) is 13.2 Å². The Bertz CT molecular complexity index is 1370. The fourth-order valence-corrected chi connectivity index (χ4v) is 3.95. The Morgan fingerprint density at radius 2 is 1.71 bits per heavy atom. The Morgan fingerprint density at radius 1 is 1.00 bits per heavy atom. The van der Waals surface area contributed by atoms with E-state index in [9.17, 15) is 37.4 Å². The molecule has 4 rings (SSSR count). The second-order valence-electron chi connectivity index (χ2n) is 7.66. The highest BCUT2D eigenvalue weighted by Crippen LogP contribution is 2.44. The van der Waals surface area contributed by atoms with Crippen LogP contribution in [0.2, 0.25) is 0 Å². The highest BCUT2D eigenvalue weighted by molar-refractivity contribution is 6.51. The molecule has 3 aromatic carbocycles. The van der Waals surface area contributed by atoms with Crippen molar-refractivity contribution in [1.29, 1.82) is 0 Å². The molecule has 0 spiro atoms. The number of phenolic OH excluding ortho intramolecular Hbond substituents is 1. The number of hydrogen-bond acceptors (Lipinski definition) is 5. The van der Waals surface area contributed by atoms with Crippen molar-refractivity contribution in [2.24, 2.45) is 0 Å². The second-order valence-corrected chi connectivity index (χ2v) is 7.66. The Hall–Kier alpha value is -4.34. The molecule has 0 radical (unpaired) electrons. The maximum absolute atomic E-state index is 14.0. The summed E-state index contributed by atoms with van der Waals surface area (Å²) < 4.78 is 59.2. The number of methoxy groups -OCH3 is 1. The van der Waals surface area contributed by atoms with Crippen LogP contribution in [-0.2, 0) is 15.8 Å². The lowest BCUT2D eigenvalue weighted by Crippen LogP contribution is -2.29. The number of ketones is 1. The SMILES string of the molecule is COc1ccc(F)cc1/C(O)=C1\C(=O)C(=O)N(c2cccc(C(F)(F)F)c2)C1c1cccc(O)c1. The summed E-state index contributed by atoms with van der Waals surface area (Å²) in [7, 11) is 1.25. The molecular weight excluding hydrogens is 470 g/mol. The van der Waals surface area contributed by atoms with Gasteiger partial charge in [0, 0.05) is 5.69 Å². The van der Waals surface area contributed by atoms with E-state index in [0.29, 0.717) is 6.07 Å². The van der Waals surface area contributed by atoms with Gasteiger partial charge in [0.15, 0.2) is 0 Å². The van der Waals surface area contributed by atoms with Crippen molar-refractivity contribution < 1.29 is 42.1 Å². The number of alkyl halides is 3. The molecular formula is C25H17F4NO5. The fourth-order valence-electron chi connectivity index (χ4n) is 3.95. The first-order valence-electron chi connectivity index (χ1n) is 10.1. The van der Waals surface area contributed by atoms with Gasteiger partial charge in [0.25, 0.3) is 11.7 Å². The third kappa shape index (κ3) is 4.30. The number of carbonyl (C=O) groups is 2. The van der Waals surface area contributed by atoms with Gasteiger partial charge in [-0.3, -0.25) is 14.5 Å². The number of aliphatic hydroxyl groups excluding tert-OH is 1. The van der Waals surface area contributed by atoms with Crippen LogP contribution in [-0.4, -0.2) is 29.0 Å². The molecule has 3 aromatic rings. The Morgan fingerprint density at radius 3 is 2.37 bits per heavy atom. The number of Topliss-reactive ketones (excluding diaryl/α,β-unsaturated/α-hetero) is 1. The van der Waals surface area contributed by atoms with Crippen molar-refractivity contribution >= 4 is 23.1 Å². The van der Waals surface area contributed by atoms with Crippen molar-refractivity contribution in [1.82, 2.24) is 0 Å². The van der Waals surface area contributed by atoms with Crippen LogP contribution >= 0.6 is 0 Å². The lowest BCUT2D eigenvalue weighted by molar-refractivity contribution is -0.137. The summed E-state index contributed by atoms with van der Waals surface area (Å²) in [6, 6.07) is 10.9. The standard InChI is InChI=1S/C25H17F4NO5/c1-35-19-9-8-15(26)12-18(19)22(32)20-21(13-4-2-7-17(31)10-13)30(24(34)23(20)33)16-6-3-5-14(11-16)25(27,28)29/h2-12,21,31-32H,1H3/b22-20+. The zero-order valence-corrected chi connectivity index (χ0v) is 18.0. The summed E-state index contributed by atoms with van der Waals surface area (Å²) >= 11 is 0. The summed E-state index contributed by atoms with van der Waals surface area (Å²) in [5, 5.41) is 21.1. The van der Waals surface area contributed by atoms with Gasteiger partial charge >= 0.3 is 6.18 Å². The van der Waals surface area contributed by atoms with E-state index in [1.54, 1.807) is 0 Å². The minimum Gasteiger partial charge on any atom is -0.508 e. The average molecular weight is 487 g/mol. The smallest absolute Gasteiger partial charge is 0.416 e. The molecule has 1 amide bonds. The minimum absolute atomic E-state index is 0.0103. The number of anilines is 1. The monoisotopic (exact) mass is 487 g/mol. The van der Waals surface area contributed by atoms with Crippen molar-refractivity contribution in [2.75, 3.05) is 12.0 Å². The van der Waals surface area contributed by atoms with Gasteiger partial charge in [-0.1, -0.05) is 18.2 Å². The van der Waals surface area contributed by atoms with E-state index in [-0.39, 0.29) is 28.3 Å². The number of phenols is 1. The summed E-state index contributed by atoms with van der Waals surface area (Å²) in [5.74, 6) is -4.24. The predicted molar refractivity (Wildman–Crippen MR) is 117 cm³/mol. The van der Waals surface area contributed by atoms with Gasteiger partial charge in [-0.15, -0.1) is 0 Å². The van der Waals surface area contributed by atoms with E-state index in [4.69, 9.17) is 4.74 Å². The quantitative estimate of drug-likeness (QED) is 0.229. The molecule has 1 atom stereocenters. The van der Waals surface area contributed by atoms with Crippen LogP contribution in [0.25, 0.3) is 5.76 Å². The normalized spacial score (nSPS) is 17.6. The third-order valence-electron chi connectivity index (χ3n) is 5.50. The zero-order valence-electron chi connectivity index (χ0n) is 18.0. The highest BCUT2D eigenvalue weighted by atomic mass is 19.4. The van der Waals surface area contributed by atoms with Crippen LogP contribution in [0.5, 0.6) is 11.5 Å². The van der Waals surface area contributed by atoms with Crippen LogP contribution in [0.1, 0.15) is 22.7 Å². The molecule has 6 nitrogen and oxygen atoms in total. The first-order chi connectivity index (χ1) is 16.5. The second kappa shape index (κ2) is 8.79. The topological polar surface area (TPSA) is 87.1 Å². The summed E-state index contributed by atoms with van der Waals surface area (Å²) in [4.78, 5) is 27.0. The number of nitrogens with zero attached hydrogens (tertiary/aromatic N) is 1. The molecule has 0 aromatic heterocycles. The number of amides is 1. The van der Waals surface area contributed by atoms with Crippen molar-refractivity contribution in [3.8, 4) is 11.5 Å². The number of aromatic hydroxyl groups is 1. The molecule has 1 heterocycles. The van der Waals surface area contributed by atoms with E-state index in [1.807, 2.05) is 0 Å². The Labute approximate surface area is 196 Å². The number of carbonyl (C=O) groups excluding carboxylic acids is 2. The molecule has 35 heavy (non-hydrogen) atoms. The number of ether oxygens (including phenoxy) is 1. The van der Waals surface area contributed by atoms with E-state index in [0.717, 1.165) is 29.2 Å². The molecule has 1 aliphatic heterocycles. The fraction of sp³-hybridized carbons (Fsp3) is 0.120. The molecule has 2 N–H and O–H groups in total. The largest absolute Gasteiger partial charge is 0.508 e. The van der Waals surface area contributed by atoms with Gasteiger partial charge in [0.05, 0.1) is 29.9 Å². The molecule has 0 aliphatic carbocycles. The molecule has 1 unspecified atom stereocenters. The van der Waals surface area contributed by atoms with Gasteiger partial charge in [-0.25, -0.2) is 4.39 Å². The van der Waals surface area contributed by atoms with E-state index in [2.05, 4.69) is 0 Å². The van der Waals surface area contributed by atoms with Gasteiger partial charge in [0.1, 0.15) is 23.1 Å². The molecule has 10 heteroatoms. The molecule has 0 saturated carbocycles. The maximum Gasteiger partial charge on any atom is 0.416 e. The van der Waals surface area contributed by atoms with Gasteiger partial charge < -0.3 is 14.9 Å². The number of aliphatic hydroxyl groups is 1. The van der Waals surface area contributed by atoms with Crippen LogP contribution in [0.4, 0.5) is 23.2 Å². The van der Waals surface area contributed by atoms with E-state index in [1.165, 1.54) is 43.5 Å². The van der Waals surface area contributed by atoms with Crippen molar-refractivity contribution in [2.45, 2.75) is 12.2 Å². The summed E-state index contributed by atoms with van der Waals surface area (Å²) in [6.07, 6.45) is -4.72. The Balaban J connectivity index is 2.00. The predicted octanol–water partition coefficient (Wildman–Crippen LogP) is 5.19.